The molecule has 0 amide bonds. The highest BCUT2D eigenvalue weighted by Gasteiger charge is 2.40. The topological polar surface area (TPSA) is 36.1 Å². The number of nitrogens with zero attached hydrogens (tertiary/aromatic N) is 1. The molecule has 2 saturated heterocycles. The van der Waals surface area contributed by atoms with Gasteiger partial charge in [-0.25, -0.2) is 0 Å². The van der Waals surface area contributed by atoms with Crippen LogP contribution < -0.4 is 5.56 Å². The number of rotatable bonds is 1. The summed E-state index contributed by atoms with van der Waals surface area (Å²) in [5.74, 6) is 0.779. The SMILES string of the molecule is C.CN1C2CCC(CC2)C1c1ccc(=O)[nH]c1. The standard InChI is InChI=1S/C13H18N2O.CH4/c1-15-11-5-2-9(3-6-11)13(15)10-4-7-12(16)14-8-10;/h4,7-9,11,13H,2-3,5-6H2,1H3,(H,14,16);1H4. The summed E-state index contributed by atoms with van der Waals surface area (Å²) in [7, 11) is 2.23. The van der Waals surface area contributed by atoms with Crippen LogP contribution >= 0.6 is 0 Å². The lowest BCUT2D eigenvalue weighted by molar-refractivity contribution is 0.00713. The van der Waals surface area contributed by atoms with Gasteiger partial charge in [-0.2, -0.15) is 0 Å². The second kappa shape index (κ2) is 4.65. The molecule has 1 saturated carbocycles. The third-order valence-electron chi connectivity index (χ3n) is 4.35. The van der Waals surface area contributed by atoms with Crippen LogP contribution in [0.3, 0.4) is 0 Å². The maximum atomic E-state index is 11.1. The summed E-state index contributed by atoms with van der Waals surface area (Å²) in [4.78, 5) is 16.4. The number of aromatic amines is 1. The van der Waals surface area contributed by atoms with Crippen molar-refractivity contribution in [2.24, 2.45) is 5.92 Å². The lowest BCUT2D eigenvalue weighted by Gasteiger charge is -2.50. The zero-order valence-electron chi connectivity index (χ0n) is 9.65. The number of hydrogen-bond donors (Lipinski definition) is 1. The van der Waals surface area contributed by atoms with Gasteiger partial charge in [0, 0.05) is 24.3 Å². The summed E-state index contributed by atoms with van der Waals surface area (Å²) in [6.07, 6.45) is 7.28. The average molecular weight is 234 g/mol. The molecule has 3 aliphatic rings. The molecular formula is C14H22N2O. The van der Waals surface area contributed by atoms with E-state index in [1.807, 2.05) is 12.3 Å². The highest BCUT2D eigenvalue weighted by Crippen LogP contribution is 2.45. The summed E-state index contributed by atoms with van der Waals surface area (Å²) < 4.78 is 0. The first kappa shape index (κ1) is 12.4. The van der Waals surface area contributed by atoms with Crippen molar-refractivity contribution in [1.82, 2.24) is 9.88 Å². The number of fused-ring (bicyclic) bond motifs is 3. The van der Waals surface area contributed by atoms with E-state index in [1.165, 1.54) is 31.2 Å². The molecule has 4 rings (SSSR count). The van der Waals surface area contributed by atoms with E-state index in [1.54, 1.807) is 6.07 Å². The Balaban J connectivity index is 0.00000108. The minimum Gasteiger partial charge on any atom is -0.329 e. The van der Waals surface area contributed by atoms with Gasteiger partial charge in [-0.1, -0.05) is 13.5 Å². The fourth-order valence-corrected chi connectivity index (χ4v) is 3.50. The second-order valence-corrected chi connectivity index (χ2v) is 5.17. The Bertz CT molecular complexity index is 410. The molecule has 3 heteroatoms. The maximum Gasteiger partial charge on any atom is 0.247 e. The van der Waals surface area contributed by atoms with Crippen molar-refractivity contribution in [2.75, 3.05) is 7.05 Å². The van der Waals surface area contributed by atoms with Crippen LogP contribution in [0.25, 0.3) is 0 Å². The van der Waals surface area contributed by atoms with Gasteiger partial charge in [-0.05, 0) is 44.2 Å². The van der Waals surface area contributed by atoms with Crippen molar-refractivity contribution in [3.63, 3.8) is 0 Å². The minimum absolute atomic E-state index is 0. The van der Waals surface area contributed by atoms with Gasteiger partial charge in [0.2, 0.25) is 5.56 Å². The zero-order chi connectivity index (χ0) is 11.1. The maximum absolute atomic E-state index is 11.1. The predicted octanol–water partition coefficient (Wildman–Crippen LogP) is 2.56. The molecule has 1 aromatic rings. The first-order valence-electron chi connectivity index (χ1n) is 6.16. The number of piperidine rings is 2. The van der Waals surface area contributed by atoms with E-state index in [4.69, 9.17) is 0 Å². The van der Waals surface area contributed by atoms with E-state index in [9.17, 15) is 4.79 Å². The summed E-state index contributed by atoms with van der Waals surface area (Å²) >= 11 is 0. The van der Waals surface area contributed by atoms with Crippen molar-refractivity contribution >= 4 is 0 Å². The molecule has 3 nitrogen and oxygen atoms in total. The Morgan fingerprint density at radius 1 is 1.24 bits per heavy atom. The number of hydrogen-bond acceptors (Lipinski definition) is 2. The van der Waals surface area contributed by atoms with Gasteiger partial charge in [0.15, 0.2) is 0 Å². The summed E-state index contributed by atoms with van der Waals surface area (Å²) in [6.45, 7) is 0. The molecule has 1 atom stereocenters. The average Bonchev–Trinajstić information content (AvgIpc) is 2.32. The van der Waals surface area contributed by atoms with E-state index in [0.717, 1.165) is 12.0 Å². The fraction of sp³-hybridized carbons (Fsp3) is 0.643. The smallest absolute Gasteiger partial charge is 0.247 e. The molecule has 3 fully saturated rings. The van der Waals surface area contributed by atoms with Crippen LogP contribution in [0.1, 0.15) is 44.7 Å². The lowest BCUT2D eigenvalue weighted by atomic mass is 9.73. The third kappa shape index (κ3) is 2.04. The van der Waals surface area contributed by atoms with Gasteiger partial charge in [0.05, 0.1) is 0 Å². The number of aromatic nitrogens is 1. The molecule has 2 aliphatic heterocycles. The van der Waals surface area contributed by atoms with Crippen LogP contribution in [-0.4, -0.2) is 23.0 Å². The van der Waals surface area contributed by atoms with Crippen molar-refractivity contribution < 1.29 is 0 Å². The highest BCUT2D eigenvalue weighted by atomic mass is 16.1. The van der Waals surface area contributed by atoms with Crippen LogP contribution in [0, 0.1) is 5.92 Å². The molecule has 0 spiro atoms. The fourth-order valence-electron chi connectivity index (χ4n) is 3.50. The van der Waals surface area contributed by atoms with E-state index < -0.39 is 0 Å². The van der Waals surface area contributed by atoms with Gasteiger partial charge in [0.25, 0.3) is 0 Å². The van der Waals surface area contributed by atoms with Gasteiger partial charge in [0.1, 0.15) is 0 Å². The molecule has 1 aromatic heterocycles. The molecule has 17 heavy (non-hydrogen) atoms. The largest absolute Gasteiger partial charge is 0.329 e. The van der Waals surface area contributed by atoms with Crippen LogP contribution in [0.15, 0.2) is 23.1 Å². The summed E-state index contributed by atoms with van der Waals surface area (Å²) in [5, 5.41) is 0. The van der Waals surface area contributed by atoms with Crippen LogP contribution in [0.2, 0.25) is 0 Å². The molecule has 1 aliphatic carbocycles. The Hall–Kier alpha value is -1.09. The van der Waals surface area contributed by atoms with Gasteiger partial charge < -0.3 is 4.98 Å². The molecule has 3 heterocycles. The Morgan fingerprint density at radius 3 is 2.47 bits per heavy atom. The van der Waals surface area contributed by atoms with Crippen molar-refractivity contribution in [3.8, 4) is 0 Å². The number of nitrogens with one attached hydrogen (secondary N) is 1. The summed E-state index contributed by atoms with van der Waals surface area (Å²) in [6, 6.07) is 4.90. The van der Waals surface area contributed by atoms with Gasteiger partial charge >= 0.3 is 0 Å². The third-order valence-corrected chi connectivity index (χ3v) is 4.35. The van der Waals surface area contributed by atoms with E-state index in [-0.39, 0.29) is 13.0 Å². The Labute approximate surface area is 103 Å². The minimum atomic E-state index is -0.00706. The predicted molar refractivity (Wildman–Crippen MR) is 70.0 cm³/mol. The molecule has 94 valence electrons. The van der Waals surface area contributed by atoms with Crippen molar-refractivity contribution in [1.29, 1.82) is 0 Å². The first-order valence-corrected chi connectivity index (χ1v) is 6.16. The Morgan fingerprint density at radius 2 is 1.94 bits per heavy atom. The Kier molecular flexibility index (Phi) is 3.38. The summed E-state index contributed by atoms with van der Waals surface area (Å²) in [5.41, 5.74) is 1.27. The van der Waals surface area contributed by atoms with Crippen LogP contribution in [-0.2, 0) is 0 Å². The molecule has 0 radical (unpaired) electrons. The van der Waals surface area contributed by atoms with Gasteiger partial charge in [-0.15, -0.1) is 0 Å². The molecule has 1 unspecified atom stereocenters. The number of pyridine rings is 1. The molecule has 2 bridgehead atoms. The first-order chi connectivity index (χ1) is 7.75. The zero-order valence-corrected chi connectivity index (χ0v) is 9.65. The van der Waals surface area contributed by atoms with E-state index in [0.29, 0.717) is 6.04 Å². The number of H-pyrrole nitrogens is 1. The van der Waals surface area contributed by atoms with Crippen LogP contribution in [0.5, 0.6) is 0 Å². The monoisotopic (exact) mass is 234 g/mol. The van der Waals surface area contributed by atoms with E-state index in [2.05, 4.69) is 16.9 Å². The van der Waals surface area contributed by atoms with Crippen molar-refractivity contribution in [2.45, 2.75) is 45.2 Å². The molecule has 1 N–H and O–H groups in total. The molecule has 0 aromatic carbocycles. The van der Waals surface area contributed by atoms with E-state index >= 15 is 0 Å². The van der Waals surface area contributed by atoms with Gasteiger partial charge in [-0.3, -0.25) is 9.69 Å². The normalized spacial score (nSPS) is 32.2. The second-order valence-electron chi connectivity index (χ2n) is 5.17. The quantitative estimate of drug-likeness (QED) is 0.810. The van der Waals surface area contributed by atoms with Crippen molar-refractivity contribution in [3.05, 3.63) is 34.2 Å². The molecular weight excluding hydrogens is 212 g/mol. The highest BCUT2D eigenvalue weighted by molar-refractivity contribution is 5.17. The lowest BCUT2D eigenvalue weighted by Crippen LogP contribution is -2.47. The van der Waals surface area contributed by atoms with Crippen LogP contribution in [0.4, 0.5) is 0 Å².